The van der Waals surface area contributed by atoms with Gasteiger partial charge < -0.3 is 11.1 Å². The summed E-state index contributed by atoms with van der Waals surface area (Å²) in [6.45, 7) is 3.27. The molecular formula is C18H19FN8. The van der Waals surface area contributed by atoms with Gasteiger partial charge in [-0.2, -0.15) is 15.1 Å². The number of nitrogens with one attached hydrogen (secondary N) is 1. The van der Waals surface area contributed by atoms with Gasteiger partial charge in [0.25, 0.3) is 0 Å². The molecule has 27 heavy (non-hydrogen) atoms. The van der Waals surface area contributed by atoms with Gasteiger partial charge in [-0.3, -0.25) is 4.57 Å². The summed E-state index contributed by atoms with van der Waals surface area (Å²) >= 11 is 0. The molecule has 0 aliphatic carbocycles. The molecule has 8 nitrogen and oxygen atoms in total. The molecule has 0 unspecified atom stereocenters. The standard InChI is InChI=1S/C18H19FN8/c1-2-26-16-14(23-18(26)27-11-3-9-22-27)15(20)24-17(25-16)21-10-8-12-4-6-13(19)7-5-12/h3-7,9,11H,2,8,10H2,1H3,(H3,20,21,24,25). The third kappa shape index (κ3) is 3.31. The number of halogens is 1. The van der Waals surface area contributed by atoms with Crippen LogP contribution in [-0.4, -0.2) is 35.8 Å². The van der Waals surface area contributed by atoms with Crippen LogP contribution in [0.4, 0.5) is 16.2 Å². The van der Waals surface area contributed by atoms with E-state index in [1.54, 1.807) is 23.0 Å². The number of aromatic nitrogens is 6. The van der Waals surface area contributed by atoms with E-state index in [1.165, 1.54) is 12.1 Å². The molecule has 3 N–H and O–H groups in total. The molecule has 0 saturated heterocycles. The van der Waals surface area contributed by atoms with Gasteiger partial charge in [-0.1, -0.05) is 12.1 Å². The maximum atomic E-state index is 13.0. The highest BCUT2D eigenvalue weighted by atomic mass is 19.1. The van der Waals surface area contributed by atoms with E-state index in [9.17, 15) is 4.39 Å². The Morgan fingerprint density at radius 2 is 1.96 bits per heavy atom. The van der Waals surface area contributed by atoms with E-state index < -0.39 is 0 Å². The van der Waals surface area contributed by atoms with Crippen molar-refractivity contribution in [1.82, 2.24) is 29.3 Å². The highest BCUT2D eigenvalue weighted by molar-refractivity contribution is 5.84. The number of fused-ring (bicyclic) bond motifs is 1. The number of nitrogens with two attached hydrogens (primary N) is 1. The SMILES string of the molecule is CCn1c(-n2cccn2)nc2c(N)nc(NCCc3ccc(F)cc3)nc21. The van der Waals surface area contributed by atoms with Gasteiger partial charge >= 0.3 is 0 Å². The normalized spacial score (nSPS) is 11.2. The average Bonchev–Trinajstić information content (AvgIpc) is 3.31. The van der Waals surface area contributed by atoms with Crippen LogP contribution >= 0.6 is 0 Å². The van der Waals surface area contributed by atoms with Crippen LogP contribution in [0.3, 0.4) is 0 Å². The van der Waals surface area contributed by atoms with Crippen molar-refractivity contribution < 1.29 is 4.39 Å². The van der Waals surface area contributed by atoms with Gasteiger partial charge in [-0.25, -0.2) is 14.1 Å². The first-order valence-corrected chi connectivity index (χ1v) is 8.67. The van der Waals surface area contributed by atoms with E-state index >= 15 is 0 Å². The topological polar surface area (TPSA) is 99.5 Å². The summed E-state index contributed by atoms with van der Waals surface area (Å²) < 4.78 is 16.6. The second-order valence-corrected chi connectivity index (χ2v) is 6.01. The van der Waals surface area contributed by atoms with Crippen molar-refractivity contribution in [2.24, 2.45) is 0 Å². The van der Waals surface area contributed by atoms with Gasteiger partial charge in [0.2, 0.25) is 11.9 Å². The zero-order valence-electron chi connectivity index (χ0n) is 14.8. The number of imidazole rings is 1. The van der Waals surface area contributed by atoms with Crippen molar-refractivity contribution in [3.63, 3.8) is 0 Å². The Kier molecular flexibility index (Phi) is 4.41. The lowest BCUT2D eigenvalue weighted by atomic mass is 10.1. The minimum Gasteiger partial charge on any atom is -0.382 e. The summed E-state index contributed by atoms with van der Waals surface area (Å²) in [6, 6.07) is 8.26. The first kappa shape index (κ1) is 17.0. The van der Waals surface area contributed by atoms with Gasteiger partial charge in [-0.05, 0) is 37.1 Å². The van der Waals surface area contributed by atoms with Crippen molar-refractivity contribution in [2.45, 2.75) is 19.9 Å². The van der Waals surface area contributed by atoms with Crippen molar-refractivity contribution >= 4 is 22.9 Å². The molecule has 0 atom stereocenters. The Labute approximate surface area is 154 Å². The van der Waals surface area contributed by atoms with E-state index in [-0.39, 0.29) is 5.82 Å². The summed E-state index contributed by atoms with van der Waals surface area (Å²) in [5.41, 5.74) is 8.33. The smallest absolute Gasteiger partial charge is 0.233 e. The Hall–Kier alpha value is -3.49. The fourth-order valence-electron chi connectivity index (χ4n) is 2.91. The predicted octanol–water partition coefficient (Wildman–Crippen LogP) is 2.41. The summed E-state index contributed by atoms with van der Waals surface area (Å²) in [7, 11) is 0. The lowest BCUT2D eigenvalue weighted by molar-refractivity contribution is 0.627. The number of nitrogen functional groups attached to an aromatic ring is 1. The fraction of sp³-hybridized carbons (Fsp3) is 0.222. The Morgan fingerprint density at radius 3 is 2.67 bits per heavy atom. The molecule has 0 fully saturated rings. The summed E-state index contributed by atoms with van der Waals surface area (Å²) in [6.07, 6.45) is 4.23. The number of hydrogen-bond acceptors (Lipinski definition) is 6. The molecule has 0 aliphatic heterocycles. The molecule has 0 amide bonds. The number of rotatable bonds is 6. The van der Waals surface area contributed by atoms with Crippen LogP contribution in [0.15, 0.2) is 42.7 Å². The highest BCUT2D eigenvalue weighted by Crippen LogP contribution is 2.22. The van der Waals surface area contributed by atoms with E-state index in [0.717, 1.165) is 5.56 Å². The lowest BCUT2D eigenvalue weighted by Crippen LogP contribution is -2.10. The molecule has 3 aromatic heterocycles. The molecule has 9 heteroatoms. The predicted molar refractivity (Wildman–Crippen MR) is 101 cm³/mol. The van der Waals surface area contributed by atoms with Crippen LogP contribution in [0.1, 0.15) is 12.5 Å². The Balaban J connectivity index is 1.59. The maximum Gasteiger partial charge on any atom is 0.233 e. The van der Waals surface area contributed by atoms with Gasteiger partial charge in [0.1, 0.15) is 5.82 Å². The van der Waals surface area contributed by atoms with E-state index in [4.69, 9.17) is 5.73 Å². The number of aryl methyl sites for hydroxylation is 1. The molecule has 0 radical (unpaired) electrons. The van der Waals surface area contributed by atoms with Crippen LogP contribution in [-0.2, 0) is 13.0 Å². The van der Waals surface area contributed by atoms with Gasteiger partial charge in [0, 0.05) is 25.5 Å². The Morgan fingerprint density at radius 1 is 1.15 bits per heavy atom. The second kappa shape index (κ2) is 7.02. The van der Waals surface area contributed by atoms with Crippen molar-refractivity contribution in [2.75, 3.05) is 17.6 Å². The van der Waals surface area contributed by atoms with Crippen LogP contribution < -0.4 is 11.1 Å². The molecule has 3 heterocycles. The molecular weight excluding hydrogens is 347 g/mol. The van der Waals surface area contributed by atoms with Crippen LogP contribution in [0.5, 0.6) is 0 Å². The van der Waals surface area contributed by atoms with Gasteiger partial charge in [-0.15, -0.1) is 0 Å². The van der Waals surface area contributed by atoms with Crippen molar-refractivity contribution in [3.8, 4) is 5.95 Å². The molecule has 0 spiro atoms. The molecule has 4 aromatic rings. The quantitative estimate of drug-likeness (QED) is 0.544. The van der Waals surface area contributed by atoms with Gasteiger partial charge in [0.05, 0.1) is 0 Å². The second-order valence-electron chi connectivity index (χ2n) is 6.01. The molecule has 0 aliphatic rings. The molecule has 0 bridgehead atoms. The third-order valence-electron chi connectivity index (χ3n) is 4.24. The van der Waals surface area contributed by atoms with Crippen LogP contribution in [0, 0.1) is 5.82 Å². The Bertz CT molecular complexity index is 1050. The molecule has 0 saturated carbocycles. The molecule has 4 rings (SSSR count). The highest BCUT2D eigenvalue weighted by Gasteiger charge is 2.17. The monoisotopic (exact) mass is 366 g/mol. The maximum absolute atomic E-state index is 13.0. The van der Waals surface area contributed by atoms with E-state index in [0.29, 0.717) is 48.4 Å². The molecule has 138 valence electrons. The summed E-state index contributed by atoms with van der Waals surface area (Å²) in [5, 5.41) is 7.41. The summed E-state index contributed by atoms with van der Waals surface area (Å²) in [5.74, 6) is 1.14. The third-order valence-corrected chi connectivity index (χ3v) is 4.24. The van der Waals surface area contributed by atoms with Gasteiger partial charge in [0.15, 0.2) is 17.0 Å². The molecule has 1 aromatic carbocycles. The van der Waals surface area contributed by atoms with Crippen molar-refractivity contribution in [1.29, 1.82) is 0 Å². The van der Waals surface area contributed by atoms with Crippen LogP contribution in [0.25, 0.3) is 17.1 Å². The van der Waals surface area contributed by atoms with E-state index in [1.807, 2.05) is 23.8 Å². The first-order valence-electron chi connectivity index (χ1n) is 8.67. The number of benzene rings is 1. The number of nitrogens with zero attached hydrogens (tertiary/aromatic N) is 6. The minimum atomic E-state index is -0.242. The fourth-order valence-corrected chi connectivity index (χ4v) is 2.91. The number of anilines is 2. The largest absolute Gasteiger partial charge is 0.382 e. The minimum absolute atomic E-state index is 0.242. The summed E-state index contributed by atoms with van der Waals surface area (Å²) in [4.78, 5) is 13.4. The number of hydrogen-bond donors (Lipinski definition) is 2. The van der Waals surface area contributed by atoms with Crippen LogP contribution in [0.2, 0.25) is 0 Å². The zero-order chi connectivity index (χ0) is 18.8. The average molecular weight is 366 g/mol. The zero-order valence-corrected chi connectivity index (χ0v) is 14.8. The van der Waals surface area contributed by atoms with E-state index in [2.05, 4.69) is 25.4 Å². The van der Waals surface area contributed by atoms with Crippen molar-refractivity contribution in [3.05, 3.63) is 54.1 Å². The lowest BCUT2D eigenvalue weighted by Gasteiger charge is -2.08. The first-order chi connectivity index (χ1) is 13.2.